The zero-order chi connectivity index (χ0) is 15.4. The van der Waals surface area contributed by atoms with Crippen LogP contribution in [0, 0.1) is 5.82 Å². The van der Waals surface area contributed by atoms with Gasteiger partial charge in [-0.25, -0.2) is 9.18 Å². The van der Waals surface area contributed by atoms with Crippen LogP contribution in [-0.4, -0.2) is 22.0 Å². The Bertz CT molecular complexity index is 686. The normalized spacial score (nSPS) is 10.1. The van der Waals surface area contributed by atoms with Crippen molar-refractivity contribution in [3.8, 4) is 0 Å². The van der Waals surface area contributed by atoms with Gasteiger partial charge in [-0.2, -0.15) is 0 Å². The van der Waals surface area contributed by atoms with Crippen molar-refractivity contribution in [1.29, 1.82) is 0 Å². The van der Waals surface area contributed by atoms with E-state index >= 15 is 0 Å². The third-order valence-electron chi connectivity index (χ3n) is 2.70. The number of nitrogens with zero attached hydrogens (tertiary/aromatic N) is 1. The first kappa shape index (κ1) is 14.4. The molecular formula is C14H12FN3O3. The molecule has 0 saturated carbocycles. The van der Waals surface area contributed by atoms with E-state index in [0.717, 1.165) is 6.07 Å². The molecule has 6 nitrogen and oxygen atoms in total. The number of para-hydroxylation sites is 1. The first-order chi connectivity index (χ1) is 9.97. The zero-order valence-corrected chi connectivity index (χ0v) is 10.8. The van der Waals surface area contributed by atoms with E-state index in [4.69, 9.17) is 10.8 Å². The number of benzene rings is 1. The quantitative estimate of drug-likeness (QED) is 0.794. The van der Waals surface area contributed by atoms with Crippen molar-refractivity contribution in [2.24, 2.45) is 0 Å². The van der Waals surface area contributed by atoms with Gasteiger partial charge in [0.15, 0.2) is 0 Å². The maximum atomic E-state index is 13.7. The molecule has 4 N–H and O–H groups in total. The molecule has 0 aliphatic carbocycles. The summed E-state index contributed by atoms with van der Waals surface area (Å²) in [4.78, 5) is 26.8. The molecule has 2 rings (SSSR count). The Balaban J connectivity index is 2.16. The molecule has 1 aromatic carbocycles. The highest BCUT2D eigenvalue weighted by Gasteiger charge is 2.16. The standard InChI is InChI=1S/C14H12FN3O3/c15-11-3-1-2-10(14(20)21)13(11)18-12(19)6-9-5-4-8(16)7-17-9/h1-5,7H,6,16H2,(H,18,19)(H,20,21). The molecule has 0 radical (unpaired) electrons. The molecule has 1 aromatic heterocycles. The van der Waals surface area contributed by atoms with Crippen LogP contribution in [-0.2, 0) is 11.2 Å². The summed E-state index contributed by atoms with van der Waals surface area (Å²) in [7, 11) is 0. The summed E-state index contributed by atoms with van der Waals surface area (Å²) in [5.41, 5.74) is 5.71. The number of carboxylic acids is 1. The minimum atomic E-state index is -1.32. The van der Waals surface area contributed by atoms with E-state index in [0.29, 0.717) is 11.4 Å². The Morgan fingerprint density at radius 3 is 2.67 bits per heavy atom. The summed E-state index contributed by atoms with van der Waals surface area (Å²) in [6.45, 7) is 0. The van der Waals surface area contributed by atoms with Crippen LogP contribution in [0.25, 0.3) is 0 Å². The molecule has 0 unspecified atom stereocenters. The number of hydrogen-bond acceptors (Lipinski definition) is 4. The van der Waals surface area contributed by atoms with Gasteiger partial charge in [0.2, 0.25) is 5.91 Å². The largest absolute Gasteiger partial charge is 0.478 e. The van der Waals surface area contributed by atoms with E-state index in [9.17, 15) is 14.0 Å². The van der Waals surface area contributed by atoms with E-state index in [-0.39, 0.29) is 17.7 Å². The second-order valence-electron chi connectivity index (χ2n) is 4.28. The predicted octanol–water partition coefficient (Wildman–Crippen LogP) is 1.68. The van der Waals surface area contributed by atoms with Crippen molar-refractivity contribution < 1.29 is 19.1 Å². The van der Waals surface area contributed by atoms with Gasteiger partial charge in [-0.1, -0.05) is 6.07 Å². The Morgan fingerprint density at radius 2 is 2.05 bits per heavy atom. The molecule has 0 spiro atoms. The smallest absolute Gasteiger partial charge is 0.337 e. The van der Waals surface area contributed by atoms with E-state index in [1.807, 2.05) is 0 Å². The van der Waals surface area contributed by atoms with Gasteiger partial charge >= 0.3 is 5.97 Å². The van der Waals surface area contributed by atoms with Crippen LogP contribution in [0.1, 0.15) is 16.1 Å². The number of anilines is 2. The van der Waals surface area contributed by atoms with Crippen LogP contribution in [0.5, 0.6) is 0 Å². The van der Waals surface area contributed by atoms with Crippen LogP contribution >= 0.6 is 0 Å². The number of rotatable bonds is 4. The van der Waals surface area contributed by atoms with Crippen molar-refractivity contribution in [2.45, 2.75) is 6.42 Å². The number of hydrogen-bond donors (Lipinski definition) is 3. The molecule has 0 aliphatic rings. The van der Waals surface area contributed by atoms with Crippen molar-refractivity contribution in [3.63, 3.8) is 0 Å². The molecule has 1 amide bonds. The number of pyridine rings is 1. The van der Waals surface area contributed by atoms with Gasteiger partial charge in [0.1, 0.15) is 5.82 Å². The third-order valence-corrected chi connectivity index (χ3v) is 2.70. The maximum absolute atomic E-state index is 13.7. The summed E-state index contributed by atoms with van der Waals surface area (Å²) in [6, 6.07) is 6.69. The molecule has 0 aliphatic heterocycles. The lowest BCUT2D eigenvalue weighted by atomic mass is 10.1. The van der Waals surface area contributed by atoms with Gasteiger partial charge < -0.3 is 16.2 Å². The van der Waals surface area contributed by atoms with Gasteiger partial charge in [-0.05, 0) is 24.3 Å². The molecule has 0 fully saturated rings. The number of amides is 1. The molecule has 0 atom stereocenters. The number of aromatic nitrogens is 1. The molecule has 21 heavy (non-hydrogen) atoms. The van der Waals surface area contributed by atoms with Gasteiger partial charge in [0.25, 0.3) is 0 Å². The van der Waals surface area contributed by atoms with E-state index < -0.39 is 17.7 Å². The number of nitrogens with two attached hydrogens (primary N) is 1. The third kappa shape index (κ3) is 3.53. The van der Waals surface area contributed by atoms with Crippen molar-refractivity contribution in [3.05, 3.63) is 53.6 Å². The lowest BCUT2D eigenvalue weighted by Gasteiger charge is -2.09. The number of aromatic carboxylic acids is 1. The van der Waals surface area contributed by atoms with Gasteiger partial charge in [-0.15, -0.1) is 0 Å². The van der Waals surface area contributed by atoms with E-state index in [2.05, 4.69) is 10.3 Å². The van der Waals surface area contributed by atoms with Crippen molar-refractivity contribution >= 4 is 23.3 Å². The van der Waals surface area contributed by atoms with Crippen LogP contribution < -0.4 is 11.1 Å². The van der Waals surface area contributed by atoms with Crippen LogP contribution in [0.4, 0.5) is 15.8 Å². The lowest BCUT2D eigenvalue weighted by molar-refractivity contribution is -0.115. The lowest BCUT2D eigenvalue weighted by Crippen LogP contribution is -2.18. The average Bonchev–Trinajstić information content (AvgIpc) is 2.43. The molecule has 1 heterocycles. The second-order valence-corrected chi connectivity index (χ2v) is 4.28. The highest BCUT2D eigenvalue weighted by atomic mass is 19.1. The van der Waals surface area contributed by atoms with Gasteiger partial charge in [0, 0.05) is 5.69 Å². The second kappa shape index (κ2) is 6.00. The fourth-order valence-corrected chi connectivity index (χ4v) is 1.72. The van der Waals surface area contributed by atoms with Crippen molar-refractivity contribution in [2.75, 3.05) is 11.1 Å². The fraction of sp³-hybridized carbons (Fsp3) is 0.0714. The number of halogens is 1. The number of carboxylic acid groups (broad SMARTS) is 1. The van der Waals surface area contributed by atoms with Gasteiger partial charge in [-0.3, -0.25) is 9.78 Å². The molecule has 7 heteroatoms. The van der Waals surface area contributed by atoms with E-state index in [1.54, 1.807) is 12.1 Å². The Hall–Kier alpha value is -2.96. The summed E-state index contributed by atoms with van der Waals surface area (Å²) >= 11 is 0. The summed E-state index contributed by atoms with van der Waals surface area (Å²) in [6.07, 6.45) is 1.28. The summed E-state index contributed by atoms with van der Waals surface area (Å²) < 4.78 is 13.7. The van der Waals surface area contributed by atoms with Crippen molar-refractivity contribution in [1.82, 2.24) is 4.98 Å². The zero-order valence-electron chi connectivity index (χ0n) is 10.8. The molecule has 2 aromatic rings. The fourth-order valence-electron chi connectivity index (χ4n) is 1.72. The average molecular weight is 289 g/mol. The number of carbonyl (C=O) groups is 2. The van der Waals surface area contributed by atoms with Crippen LogP contribution in [0.2, 0.25) is 0 Å². The number of nitrogen functional groups attached to an aromatic ring is 1. The first-order valence-corrected chi connectivity index (χ1v) is 5.99. The van der Waals surface area contributed by atoms with Crippen LogP contribution in [0.15, 0.2) is 36.5 Å². The predicted molar refractivity (Wildman–Crippen MR) is 74.3 cm³/mol. The summed E-state index contributed by atoms with van der Waals surface area (Å²) in [5.74, 6) is -2.70. The highest BCUT2D eigenvalue weighted by molar-refractivity contribution is 6.01. The molecule has 108 valence electrons. The Labute approximate surface area is 119 Å². The van der Waals surface area contributed by atoms with Crippen LogP contribution in [0.3, 0.4) is 0 Å². The highest BCUT2D eigenvalue weighted by Crippen LogP contribution is 2.20. The molecule has 0 saturated heterocycles. The topological polar surface area (TPSA) is 105 Å². The SMILES string of the molecule is Nc1ccc(CC(=O)Nc2c(F)cccc2C(=O)O)nc1. The number of carbonyl (C=O) groups excluding carboxylic acids is 1. The van der Waals surface area contributed by atoms with E-state index in [1.165, 1.54) is 18.3 Å². The molecule has 0 bridgehead atoms. The molecular weight excluding hydrogens is 277 g/mol. The Morgan fingerprint density at radius 1 is 1.29 bits per heavy atom. The maximum Gasteiger partial charge on any atom is 0.337 e. The van der Waals surface area contributed by atoms with Gasteiger partial charge in [0.05, 0.1) is 29.6 Å². The first-order valence-electron chi connectivity index (χ1n) is 5.99. The minimum absolute atomic E-state index is 0.117. The Kier molecular flexibility index (Phi) is 4.13. The number of nitrogens with one attached hydrogen (secondary N) is 1. The monoisotopic (exact) mass is 289 g/mol. The minimum Gasteiger partial charge on any atom is -0.478 e. The summed E-state index contributed by atoms with van der Waals surface area (Å²) in [5, 5.41) is 11.2.